The second-order valence-corrected chi connectivity index (χ2v) is 6.89. The maximum Gasteiger partial charge on any atom is 0.231 e. The number of fused-ring (bicyclic) bond motifs is 1. The lowest BCUT2D eigenvalue weighted by molar-refractivity contribution is 0.101. The molecule has 0 unspecified atom stereocenters. The summed E-state index contributed by atoms with van der Waals surface area (Å²) in [6, 6.07) is 18.9. The number of Topliss-reactive ketones (excluding diaryl/α,β-unsaturated/α-hetero) is 1. The van der Waals surface area contributed by atoms with Crippen LogP contribution in [0.2, 0.25) is 0 Å². The normalized spacial score (nSPS) is 14.1. The van der Waals surface area contributed by atoms with Crippen molar-refractivity contribution in [3.63, 3.8) is 0 Å². The standard InChI is InChI=1S/C22H14BrFO3/c23-19-7-2-1-5-15(19)11-21-22(25)18-9-8-17(12-20(18)27-21)26-13-14-4-3-6-16(24)10-14/h1-12H,13H2/b21-11-. The van der Waals surface area contributed by atoms with Gasteiger partial charge in [-0.05, 0) is 47.5 Å². The molecule has 0 bridgehead atoms. The molecule has 0 spiro atoms. The summed E-state index contributed by atoms with van der Waals surface area (Å²) in [4.78, 5) is 12.5. The minimum atomic E-state index is -0.305. The summed E-state index contributed by atoms with van der Waals surface area (Å²) in [6.07, 6.45) is 1.71. The summed E-state index contributed by atoms with van der Waals surface area (Å²) in [6.45, 7) is 0.226. The van der Waals surface area contributed by atoms with Gasteiger partial charge in [0.25, 0.3) is 0 Å². The number of benzene rings is 3. The highest BCUT2D eigenvalue weighted by Crippen LogP contribution is 2.35. The van der Waals surface area contributed by atoms with Gasteiger partial charge >= 0.3 is 0 Å². The van der Waals surface area contributed by atoms with Gasteiger partial charge in [-0.15, -0.1) is 0 Å². The molecule has 0 radical (unpaired) electrons. The van der Waals surface area contributed by atoms with Crippen molar-refractivity contribution in [3.8, 4) is 11.5 Å². The fraction of sp³-hybridized carbons (Fsp3) is 0.0455. The molecule has 4 rings (SSSR count). The zero-order valence-corrected chi connectivity index (χ0v) is 15.7. The summed E-state index contributed by atoms with van der Waals surface area (Å²) < 4.78 is 25.6. The average molecular weight is 425 g/mol. The van der Waals surface area contributed by atoms with Gasteiger partial charge in [0.05, 0.1) is 5.56 Å². The van der Waals surface area contributed by atoms with Gasteiger partial charge in [-0.3, -0.25) is 4.79 Å². The molecule has 1 aliphatic rings. The van der Waals surface area contributed by atoms with Crippen LogP contribution < -0.4 is 9.47 Å². The first-order valence-corrected chi connectivity index (χ1v) is 9.09. The molecule has 0 fully saturated rings. The van der Waals surface area contributed by atoms with E-state index in [1.54, 1.807) is 36.4 Å². The van der Waals surface area contributed by atoms with E-state index in [0.29, 0.717) is 17.1 Å². The predicted octanol–water partition coefficient (Wildman–Crippen LogP) is 5.78. The summed E-state index contributed by atoms with van der Waals surface area (Å²) in [7, 11) is 0. The number of carbonyl (C=O) groups is 1. The molecule has 1 aliphatic heterocycles. The van der Waals surface area contributed by atoms with Crippen LogP contribution in [0.1, 0.15) is 21.5 Å². The Morgan fingerprint density at radius 1 is 1.04 bits per heavy atom. The first-order chi connectivity index (χ1) is 13.1. The quantitative estimate of drug-likeness (QED) is 0.497. The van der Waals surface area contributed by atoms with Crippen LogP contribution in [-0.2, 0) is 6.61 Å². The molecular weight excluding hydrogens is 411 g/mol. The van der Waals surface area contributed by atoms with Crippen molar-refractivity contribution >= 4 is 27.8 Å². The highest BCUT2D eigenvalue weighted by Gasteiger charge is 2.27. The minimum absolute atomic E-state index is 0.169. The Bertz CT molecular complexity index is 1060. The lowest BCUT2D eigenvalue weighted by Gasteiger charge is -2.07. The summed E-state index contributed by atoms with van der Waals surface area (Å²) >= 11 is 3.46. The smallest absolute Gasteiger partial charge is 0.231 e. The lowest BCUT2D eigenvalue weighted by Crippen LogP contribution is -1.98. The van der Waals surface area contributed by atoms with Gasteiger partial charge in [0, 0.05) is 10.5 Å². The second-order valence-electron chi connectivity index (χ2n) is 6.04. The number of rotatable bonds is 4. The Labute approximate surface area is 164 Å². The third-order valence-electron chi connectivity index (χ3n) is 4.13. The molecule has 0 saturated heterocycles. The predicted molar refractivity (Wildman–Crippen MR) is 104 cm³/mol. The van der Waals surface area contributed by atoms with Gasteiger partial charge in [0.2, 0.25) is 5.78 Å². The fourth-order valence-electron chi connectivity index (χ4n) is 2.78. The summed E-state index contributed by atoms with van der Waals surface area (Å²) in [5.41, 5.74) is 2.07. The topological polar surface area (TPSA) is 35.5 Å². The van der Waals surface area contributed by atoms with Crippen molar-refractivity contribution in [1.29, 1.82) is 0 Å². The van der Waals surface area contributed by atoms with Gasteiger partial charge in [-0.2, -0.15) is 0 Å². The van der Waals surface area contributed by atoms with Crippen LogP contribution in [0, 0.1) is 5.82 Å². The SMILES string of the molecule is O=C1/C(=C/c2ccccc2Br)Oc2cc(OCc3cccc(F)c3)ccc21. The van der Waals surface area contributed by atoms with E-state index in [9.17, 15) is 9.18 Å². The highest BCUT2D eigenvalue weighted by atomic mass is 79.9. The minimum Gasteiger partial charge on any atom is -0.489 e. The van der Waals surface area contributed by atoms with E-state index in [1.165, 1.54) is 12.1 Å². The van der Waals surface area contributed by atoms with Crippen LogP contribution in [-0.4, -0.2) is 5.78 Å². The number of carbonyl (C=O) groups excluding carboxylic acids is 1. The molecule has 0 aliphatic carbocycles. The molecule has 1 heterocycles. The molecule has 3 nitrogen and oxygen atoms in total. The summed E-state index contributed by atoms with van der Waals surface area (Å²) in [5.74, 6) is 0.792. The van der Waals surface area contributed by atoms with Crippen LogP contribution in [0.3, 0.4) is 0 Å². The van der Waals surface area contributed by atoms with Gasteiger partial charge in [0.15, 0.2) is 5.76 Å². The zero-order valence-electron chi connectivity index (χ0n) is 14.1. The average Bonchev–Trinajstić information content (AvgIpc) is 2.97. The molecule has 0 N–H and O–H groups in total. The monoisotopic (exact) mass is 424 g/mol. The number of ketones is 1. The Morgan fingerprint density at radius 3 is 2.70 bits per heavy atom. The molecular formula is C22H14BrFO3. The number of hydrogen-bond acceptors (Lipinski definition) is 3. The van der Waals surface area contributed by atoms with E-state index in [4.69, 9.17) is 9.47 Å². The van der Waals surface area contributed by atoms with Crippen molar-refractivity contribution in [2.24, 2.45) is 0 Å². The molecule has 3 aromatic rings. The zero-order chi connectivity index (χ0) is 18.8. The molecule has 134 valence electrons. The second kappa shape index (κ2) is 7.37. The van der Waals surface area contributed by atoms with Gasteiger partial charge in [-0.25, -0.2) is 4.39 Å². The molecule has 5 heteroatoms. The van der Waals surface area contributed by atoms with Crippen molar-refractivity contribution in [2.75, 3.05) is 0 Å². The van der Waals surface area contributed by atoms with Crippen molar-refractivity contribution in [1.82, 2.24) is 0 Å². The van der Waals surface area contributed by atoms with Crippen LogP contribution in [0.25, 0.3) is 6.08 Å². The number of hydrogen-bond donors (Lipinski definition) is 0. The van der Waals surface area contributed by atoms with Crippen molar-refractivity contribution < 1.29 is 18.7 Å². The first kappa shape index (κ1) is 17.5. The third-order valence-corrected chi connectivity index (χ3v) is 4.85. The molecule has 0 saturated carbocycles. The Balaban J connectivity index is 1.53. The number of allylic oxidation sites excluding steroid dienone is 1. The van der Waals surface area contributed by atoms with Gasteiger partial charge in [0.1, 0.15) is 23.9 Å². The van der Waals surface area contributed by atoms with Crippen LogP contribution in [0.5, 0.6) is 11.5 Å². The van der Waals surface area contributed by atoms with Gasteiger partial charge in [-0.1, -0.05) is 46.3 Å². The van der Waals surface area contributed by atoms with Crippen LogP contribution in [0.15, 0.2) is 77.0 Å². The molecule has 0 aromatic heterocycles. The largest absolute Gasteiger partial charge is 0.489 e. The summed E-state index contributed by atoms with van der Waals surface area (Å²) in [5, 5.41) is 0. The molecule has 0 atom stereocenters. The Hall–Kier alpha value is -2.92. The highest BCUT2D eigenvalue weighted by molar-refractivity contribution is 9.10. The van der Waals surface area contributed by atoms with E-state index in [-0.39, 0.29) is 24.0 Å². The Kier molecular flexibility index (Phi) is 4.77. The van der Waals surface area contributed by atoms with Crippen LogP contribution >= 0.6 is 15.9 Å². The number of halogens is 2. The first-order valence-electron chi connectivity index (χ1n) is 8.30. The van der Waals surface area contributed by atoms with Crippen molar-refractivity contribution in [3.05, 3.63) is 99.5 Å². The van der Waals surface area contributed by atoms with Gasteiger partial charge < -0.3 is 9.47 Å². The van der Waals surface area contributed by atoms with E-state index in [2.05, 4.69) is 15.9 Å². The maximum absolute atomic E-state index is 13.2. The molecule has 3 aromatic carbocycles. The van der Waals surface area contributed by atoms with E-state index >= 15 is 0 Å². The van der Waals surface area contributed by atoms with E-state index in [1.807, 2.05) is 24.3 Å². The lowest BCUT2D eigenvalue weighted by atomic mass is 10.1. The maximum atomic E-state index is 13.2. The fourth-order valence-corrected chi connectivity index (χ4v) is 3.18. The molecule has 27 heavy (non-hydrogen) atoms. The van der Waals surface area contributed by atoms with Crippen LogP contribution in [0.4, 0.5) is 4.39 Å². The molecule has 0 amide bonds. The third kappa shape index (κ3) is 3.78. The Morgan fingerprint density at radius 2 is 1.89 bits per heavy atom. The van der Waals surface area contributed by atoms with E-state index < -0.39 is 0 Å². The number of ether oxygens (including phenoxy) is 2. The van der Waals surface area contributed by atoms with Crippen molar-refractivity contribution in [2.45, 2.75) is 6.61 Å². The van der Waals surface area contributed by atoms with E-state index in [0.717, 1.165) is 15.6 Å².